The predicted octanol–water partition coefficient (Wildman–Crippen LogP) is 6.47. The van der Waals surface area contributed by atoms with E-state index in [2.05, 4.69) is 82.4 Å². The number of rotatable bonds is 10. The largest absolute Gasteiger partial charge is 0.393 e. The van der Waals surface area contributed by atoms with Gasteiger partial charge in [-0.15, -0.1) is 0 Å². The van der Waals surface area contributed by atoms with Crippen LogP contribution < -0.4 is 0 Å². The normalized spacial score (nSPS) is 19.6. The number of hydrogen-bond acceptors (Lipinski definition) is 2. The van der Waals surface area contributed by atoms with E-state index in [0.717, 1.165) is 5.57 Å². The van der Waals surface area contributed by atoms with E-state index in [1.165, 1.54) is 16.7 Å². The van der Waals surface area contributed by atoms with Crippen LogP contribution in [0.2, 0.25) is 0 Å². The minimum Gasteiger partial charge on any atom is -0.393 e. The smallest absolute Gasteiger partial charge is 0.0797 e. The Bertz CT molecular complexity index is 667. The Morgan fingerprint density at radius 3 is 1.71 bits per heavy atom. The van der Waals surface area contributed by atoms with Crippen LogP contribution in [-0.4, -0.2) is 22.4 Å². The lowest BCUT2D eigenvalue weighted by atomic mass is 9.92. The molecule has 2 nitrogen and oxygen atoms in total. The summed E-state index contributed by atoms with van der Waals surface area (Å²) in [5.41, 5.74) is 4.49. The summed E-state index contributed by atoms with van der Waals surface area (Å²) in [6.07, 6.45) is 19.7. The highest BCUT2D eigenvalue weighted by Gasteiger charge is 2.20. The maximum atomic E-state index is 10.3. The molecule has 156 valence electrons. The molecule has 0 aromatic rings. The second kappa shape index (κ2) is 14.1. The second-order valence-electron chi connectivity index (χ2n) is 7.76. The first-order valence-electron chi connectivity index (χ1n) is 10.1. The van der Waals surface area contributed by atoms with Crippen LogP contribution in [0.1, 0.15) is 55.4 Å². The van der Waals surface area contributed by atoms with Gasteiger partial charge in [0.05, 0.1) is 12.2 Å². The Labute approximate surface area is 173 Å². The third kappa shape index (κ3) is 11.7. The molecule has 0 spiro atoms. The lowest BCUT2D eigenvalue weighted by molar-refractivity contribution is 0.0505. The van der Waals surface area contributed by atoms with Crippen molar-refractivity contribution in [2.24, 2.45) is 11.8 Å². The Hall–Kier alpha value is -1.90. The van der Waals surface area contributed by atoms with E-state index in [1.54, 1.807) is 6.92 Å². The molecule has 28 heavy (non-hydrogen) atoms. The van der Waals surface area contributed by atoms with Crippen LogP contribution in [0.3, 0.4) is 0 Å². The van der Waals surface area contributed by atoms with Gasteiger partial charge in [-0.3, -0.25) is 0 Å². The van der Waals surface area contributed by atoms with Gasteiger partial charge in [-0.05, 0) is 53.0 Å². The summed E-state index contributed by atoms with van der Waals surface area (Å²) in [5, 5.41) is 19.9. The van der Waals surface area contributed by atoms with Crippen LogP contribution in [-0.2, 0) is 0 Å². The van der Waals surface area contributed by atoms with Gasteiger partial charge in [-0.2, -0.15) is 0 Å². The molecule has 2 heteroatoms. The van der Waals surface area contributed by atoms with Gasteiger partial charge >= 0.3 is 0 Å². The summed E-state index contributed by atoms with van der Waals surface area (Å²) in [5.74, 6) is 0.0384. The van der Waals surface area contributed by atoms with E-state index in [1.807, 2.05) is 26.8 Å². The van der Waals surface area contributed by atoms with Crippen molar-refractivity contribution < 1.29 is 10.2 Å². The van der Waals surface area contributed by atoms with Crippen molar-refractivity contribution in [3.05, 3.63) is 83.1 Å². The molecule has 4 unspecified atom stereocenters. The third-order valence-electron chi connectivity index (χ3n) is 4.64. The van der Waals surface area contributed by atoms with Gasteiger partial charge in [-0.25, -0.2) is 0 Å². The van der Waals surface area contributed by atoms with E-state index in [4.69, 9.17) is 0 Å². The molecule has 4 atom stereocenters. The van der Waals surface area contributed by atoms with Crippen LogP contribution in [0.5, 0.6) is 0 Å². The molecule has 0 aliphatic rings. The van der Waals surface area contributed by atoms with Crippen LogP contribution in [0, 0.1) is 11.8 Å². The molecule has 0 aliphatic heterocycles. The van der Waals surface area contributed by atoms with Crippen LogP contribution in [0.25, 0.3) is 0 Å². The molecule has 2 N–H and O–H groups in total. The molecule has 0 fully saturated rings. The minimum atomic E-state index is -0.616. The Morgan fingerprint density at radius 1 is 0.714 bits per heavy atom. The van der Waals surface area contributed by atoms with Crippen LogP contribution >= 0.6 is 0 Å². The topological polar surface area (TPSA) is 40.5 Å². The molecule has 0 saturated carbocycles. The van der Waals surface area contributed by atoms with Crippen molar-refractivity contribution in [1.82, 2.24) is 0 Å². The summed E-state index contributed by atoms with van der Waals surface area (Å²) in [4.78, 5) is 0. The zero-order valence-corrected chi connectivity index (χ0v) is 19.0. The Kier molecular flexibility index (Phi) is 13.2. The molecular formula is C26H40O2. The first kappa shape index (κ1) is 26.1. The summed E-state index contributed by atoms with van der Waals surface area (Å²) >= 11 is 0. The highest BCUT2D eigenvalue weighted by Crippen LogP contribution is 2.18. The lowest BCUT2D eigenvalue weighted by Gasteiger charge is -2.22. The van der Waals surface area contributed by atoms with Gasteiger partial charge in [0.25, 0.3) is 0 Å². The van der Waals surface area contributed by atoms with Crippen LogP contribution in [0.15, 0.2) is 83.1 Å². The molecule has 0 aromatic heterocycles. The monoisotopic (exact) mass is 384 g/mol. The zero-order chi connectivity index (χ0) is 21.7. The van der Waals surface area contributed by atoms with Crippen molar-refractivity contribution in [2.45, 2.75) is 67.6 Å². The van der Waals surface area contributed by atoms with Gasteiger partial charge in [0.1, 0.15) is 0 Å². The molecule has 0 aromatic carbocycles. The maximum absolute atomic E-state index is 10.3. The van der Waals surface area contributed by atoms with Crippen molar-refractivity contribution in [3.8, 4) is 0 Å². The fourth-order valence-corrected chi connectivity index (χ4v) is 2.79. The summed E-state index contributed by atoms with van der Waals surface area (Å²) in [7, 11) is 0. The maximum Gasteiger partial charge on any atom is 0.0797 e. The number of aliphatic hydroxyl groups is 2. The van der Waals surface area contributed by atoms with Crippen molar-refractivity contribution >= 4 is 0 Å². The molecule has 0 heterocycles. The van der Waals surface area contributed by atoms with E-state index in [9.17, 15) is 10.2 Å². The molecular weight excluding hydrogens is 344 g/mol. The molecule has 0 rings (SSSR count). The van der Waals surface area contributed by atoms with E-state index in [-0.39, 0.29) is 11.8 Å². The molecule has 0 amide bonds. The van der Waals surface area contributed by atoms with Crippen molar-refractivity contribution in [3.63, 3.8) is 0 Å². The first-order chi connectivity index (χ1) is 13.1. The van der Waals surface area contributed by atoms with Crippen LogP contribution in [0.4, 0.5) is 0 Å². The zero-order valence-electron chi connectivity index (χ0n) is 19.0. The minimum absolute atomic E-state index is 0.175. The molecule has 0 aliphatic carbocycles. The van der Waals surface area contributed by atoms with Gasteiger partial charge < -0.3 is 10.2 Å². The van der Waals surface area contributed by atoms with E-state index >= 15 is 0 Å². The van der Waals surface area contributed by atoms with Gasteiger partial charge in [0.15, 0.2) is 0 Å². The lowest BCUT2D eigenvalue weighted by Crippen LogP contribution is -2.28. The number of aliphatic hydroxyl groups excluding tert-OH is 2. The average molecular weight is 385 g/mol. The fourth-order valence-electron chi connectivity index (χ4n) is 2.79. The fraction of sp³-hybridized carbons (Fsp3) is 0.462. The molecule has 0 bridgehead atoms. The standard InChI is InChI=1S/C26H40O2/c1-9-12-19(2)13-10-14-20(3)15-11-16-21(4)17-22(5)18-23(6)26(28)24(7)25(8)27/h9-18,22,24-28H,1-8H3/b12-9+,14-10+,16-11+,19-13+,20-15+,21-17+,23-18+. The molecule has 0 radical (unpaired) electrons. The summed E-state index contributed by atoms with van der Waals surface area (Å²) in [6, 6.07) is 0. The third-order valence-corrected chi connectivity index (χ3v) is 4.64. The van der Waals surface area contributed by atoms with Crippen molar-refractivity contribution in [2.75, 3.05) is 0 Å². The average Bonchev–Trinajstić information content (AvgIpc) is 2.60. The second-order valence-corrected chi connectivity index (χ2v) is 7.76. The molecule has 0 saturated heterocycles. The van der Waals surface area contributed by atoms with Gasteiger partial charge in [-0.1, -0.05) is 91.3 Å². The highest BCUT2D eigenvalue weighted by molar-refractivity contribution is 5.30. The summed E-state index contributed by atoms with van der Waals surface area (Å²) < 4.78 is 0. The van der Waals surface area contributed by atoms with E-state index in [0.29, 0.717) is 0 Å². The predicted molar refractivity (Wildman–Crippen MR) is 124 cm³/mol. The SMILES string of the molecule is C/C=C/C(C)=C/C=C/C(C)=C/C=C/C(C)=C/C(C)/C=C(\C)C(O)C(C)C(C)O. The number of hydrogen-bond donors (Lipinski definition) is 2. The highest BCUT2D eigenvalue weighted by atomic mass is 16.3. The quantitative estimate of drug-likeness (QED) is 0.334. The number of allylic oxidation sites excluding steroid dienone is 13. The summed E-state index contributed by atoms with van der Waals surface area (Å²) in [6.45, 7) is 15.9. The van der Waals surface area contributed by atoms with Gasteiger partial charge in [0, 0.05) is 5.92 Å². The van der Waals surface area contributed by atoms with Crippen molar-refractivity contribution in [1.29, 1.82) is 0 Å². The van der Waals surface area contributed by atoms with Gasteiger partial charge in [0.2, 0.25) is 0 Å². The van der Waals surface area contributed by atoms with E-state index < -0.39 is 12.2 Å². The Morgan fingerprint density at radius 2 is 1.21 bits per heavy atom. The first-order valence-corrected chi connectivity index (χ1v) is 10.1. The Balaban J connectivity index is 4.89.